The zero-order chi connectivity index (χ0) is 7.44. The van der Waals surface area contributed by atoms with Gasteiger partial charge >= 0.3 is 0 Å². The molecule has 0 aromatic carbocycles. The van der Waals surface area contributed by atoms with E-state index in [1.54, 1.807) is 0 Å². The van der Waals surface area contributed by atoms with E-state index in [2.05, 4.69) is 0 Å². The Morgan fingerprint density at radius 3 is 1.22 bits per heavy atom. The molecule has 1 aliphatic carbocycles. The number of rotatable bonds is 0. The summed E-state index contributed by atoms with van der Waals surface area (Å²) in [6, 6.07) is 0. The van der Waals surface area contributed by atoms with Gasteiger partial charge in [-0.25, -0.2) is 0 Å². The summed E-state index contributed by atoms with van der Waals surface area (Å²) in [6.07, 6.45) is -0.204. The van der Waals surface area contributed by atoms with Gasteiger partial charge in [0, 0.05) is 6.42 Å². The highest BCUT2D eigenvalue weighted by Gasteiger charge is 2.32. The van der Waals surface area contributed by atoms with Crippen LogP contribution in [0.1, 0.15) is 6.42 Å². The SMILES string of the molecule is CN(C)C.OC1CC1O. The molecule has 0 spiro atoms. The molecule has 0 aromatic heterocycles. The fourth-order valence-corrected chi connectivity index (χ4v) is 0.169. The third-order valence-corrected chi connectivity index (χ3v) is 0.724. The molecule has 9 heavy (non-hydrogen) atoms. The molecule has 3 nitrogen and oxygen atoms in total. The minimum atomic E-state index is -0.394. The van der Waals surface area contributed by atoms with Crippen LogP contribution in [0.2, 0.25) is 0 Å². The molecule has 1 rings (SSSR count). The smallest absolute Gasteiger partial charge is 0.0825 e. The molecule has 1 aliphatic rings. The quantitative estimate of drug-likeness (QED) is 0.459. The van der Waals surface area contributed by atoms with E-state index in [9.17, 15) is 0 Å². The van der Waals surface area contributed by atoms with Crippen LogP contribution in [0.3, 0.4) is 0 Å². The third kappa shape index (κ3) is 7.88. The summed E-state index contributed by atoms with van der Waals surface area (Å²) in [6.45, 7) is 0. The Morgan fingerprint density at radius 1 is 1.11 bits per heavy atom. The van der Waals surface area contributed by atoms with Crippen molar-refractivity contribution in [1.29, 1.82) is 0 Å². The monoisotopic (exact) mass is 133 g/mol. The van der Waals surface area contributed by atoms with Crippen molar-refractivity contribution in [2.75, 3.05) is 21.1 Å². The maximum Gasteiger partial charge on any atom is 0.0825 e. The van der Waals surface area contributed by atoms with E-state index < -0.39 is 12.2 Å². The number of hydrogen-bond donors (Lipinski definition) is 2. The van der Waals surface area contributed by atoms with E-state index in [0.717, 1.165) is 0 Å². The first-order valence-electron chi connectivity index (χ1n) is 3.01. The molecular weight excluding hydrogens is 118 g/mol. The Morgan fingerprint density at radius 2 is 1.22 bits per heavy atom. The van der Waals surface area contributed by atoms with E-state index in [1.807, 2.05) is 26.0 Å². The van der Waals surface area contributed by atoms with Crippen LogP contribution in [0, 0.1) is 0 Å². The number of aliphatic hydroxyl groups excluding tert-OH is 2. The summed E-state index contributed by atoms with van der Waals surface area (Å²) in [7, 11) is 6.00. The highest BCUT2D eigenvalue weighted by atomic mass is 16.3. The predicted octanol–water partition coefficient (Wildman–Crippen LogP) is -0.710. The van der Waals surface area contributed by atoms with E-state index >= 15 is 0 Å². The van der Waals surface area contributed by atoms with Crippen molar-refractivity contribution < 1.29 is 10.2 Å². The van der Waals surface area contributed by atoms with Crippen molar-refractivity contribution in [1.82, 2.24) is 4.90 Å². The molecule has 0 aromatic rings. The van der Waals surface area contributed by atoms with E-state index in [0.29, 0.717) is 6.42 Å². The second-order valence-corrected chi connectivity index (χ2v) is 2.71. The zero-order valence-electron chi connectivity index (χ0n) is 6.20. The number of nitrogens with zero attached hydrogens (tertiary/aromatic N) is 1. The standard InChI is InChI=1S/C3H9N.C3H6O2/c1-4(2)3;4-2-1-3(2)5/h1-3H3;2-5H,1H2. The van der Waals surface area contributed by atoms with Crippen LogP contribution >= 0.6 is 0 Å². The van der Waals surface area contributed by atoms with Gasteiger partial charge in [-0.05, 0) is 21.1 Å². The molecule has 0 aliphatic heterocycles. The number of aliphatic hydroxyl groups is 2. The maximum absolute atomic E-state index is 8.19. The van der Waals surface area contributed by atoms with E-state index in [1.165, 1.54) is 0 Å². The summed E-state index contributed by atoms with van der Waals surface area (Å²) in [5.74, 6) is 0. The largest absolute Gasteiger partial charge is 0.390 e. The topological polar surface area (TPSA) is 43.7 Å². The fourth-order valence-electron chi connectivity index (χ4n) is 0.169. The Balaban J connectivity index is 0.000000148. The molecule has 1 fully saturated rings. The maximum atomic E-state index is 8.19. The summed E-state index contributed by atoms with van der Waals surface area (Å²) in [5, 5.41) is 16.4. The van der Waals surface area contributed by atoms with Crippen molar-refractivity contribution in [2.45, 2.75) is 18.6 Å². The van der Waals surface area contributed by atoms with Gasteiger partial charge in [0.1, 0.15) is 0 Å². The summed E-state index contributed by atoms with van der Waals surface area (Å²) < 4.78 is 0. The van der Waals surface area contributed by atoms with Gasteiger partial charge in [-0.2, -0.15) is 0 Å². The number of hydrogen-bond acceptors (Lipinski definition) is 3. The Labute approximate surface area is 55.9 Å². The molecule has 1 saturated carbocycles. The lowest BCUT2D eigenvalue weighted by Gasteiger charge is -1.90. The lowest BCUT2D eigenvalue weighted by Crippen LogP contribution is -1.99. The minimum Gasteiger partial charge on any atom is -0.390 e. The van der Waals surface area contributed by atoms with Gasteiger partial charge in [0.2, 0.25) is 0 Å². The highest BCUT2D eigenvalue weighted by molar-refractivity contribution is 4.84. The average molecular weight is 133 g/mol. The van der Waals surface area contributed by atoms with Gasteiger partial charge in [0.15, 0.2) is 0 Å². The molecule has 2 atom stereocenters. The van der Waals surface area contributed by atoms with Gasteiger partial charge in [-0.3, -0.25) is 0 Å². The van der Waals surface area contributed by atoms with Crippen LogP contribution < -0.4 is 0 Å². The predicted molar refractivity (Wildman–Crippen MR) is 36.2 cm³/mol. The molecule has 56 valence electrons. The molecule has 2 unspecified atom stereocenters. The fraction of sp³-hybridized carbons (Fsp3) is 1.00. The third-order valence-electron chi connectivity index (χ3n) is 0.724. The van der Waals surface area contributed by atoms with E-state index in [4.69, 9.17) is 10.2 Å². The lowest BCUT2D eigenvalue weighted by atomic mass is 10.8. The molecule has 0 saturated heterocycles. The normalized spacial score (nSPS) is 31.3. The first-order valence-corrected chi connectivity index (χ1v) is 3.01. The van der Waals surface area contributed by atoms with Crippen molar-refractivity contribution in [3.8, 4) is 0 Å². The Bertz CT molecular complexity index is 66.7. The summed E-state index contributed by atoms with van der Waals surface area (Å²) >= 11 is 0. The highest BCUT2D eigenvalue weighted by Crippen LogP contribution is 2.18. The molecule has 0 heterocycles. The minimum absolute atomic E-state index is 0.394. The molecule has 2 N–H and O–H groups in total. The first kappa shape index (κ1) is 8.88. The van der Waals surface area contributed by atoms with Crippen LogP contribution in [-0.4, -0.2) is 48.5 Å². The second kappa shape index (κ2) is 3.82. The van der Waals surface area contributed by atoms with E-state index in [-0.39, 0.29) is 0 Å². The summed E-state index contributed by atoms with van der Waals surface area (Å²) in [4.78, 5) is 2.00. The van der Waals surface area contributed by atoms with Crippen LogP contribution in [0.4, 0.5) is 0 Å². The van der Waals surface area contributed by atoms with Crippen molar-refractivity contribution in [3.05, 3.63) is 0 Å². The molecule has 3 heteroatoms. The van der Waals surface area contributed by atoms with Gasteiger partial charge in [0.05, 0.1) is 12.2 Å². The summed E-state index contributed by atoms with van der Waals surface area (Å²) in [5.41, 5.74) is 0. The Hall–Kier alpha value is -0.120. The van der Waals surface area contributed by atoms with Crippen molar-refractivity contribution in [3.63, 3.8) is 0 Å². The van der Waals surface area contributed by atoms with Gasteiger partial charge in [0.25, 0.3) is 0 Å². The van der Waals surface area contributed by atoms with Gasteiger partial charge < -0.3 is 15.1 Å². The van der Waals surface area contributed by atoms with Crippen LogP contribution in [0.15, 0.2) is 0 Å². The van der Waals surface area contributed by atoms with Crippen LogP contribution in [-0.2, 0) is 0 Å². The molecule has 0 bridgehead atoms. The molecule has 0 amide bonds. The lowest BCUT2D eigenvalue weighted by molar-refractivity contribution is 0.180. The Kier molecular flexibility index (Phi) is 3.77. The van der Waals surface area contributed by atoms with Gasteiger partial charge in [-0.1, -0.05) is 0 Å². The van der Waals surface area contributed by atoms with Crippen molar-refractivity contribution in [2.24, 2.45) is 0 Å². The zero-order valence-corrected chi connectivity index (χ0v) is 6.20. The van der Waals surface area contributed by atoms with Crippen molar-refractivity contribution >= 4 is 0 Å². The molecule has 0 radical (unpaired) electrons. The van der Waals surface area contributed by atoms with Crippen LogP contribution in [0.5, 0.6) is 0 Å². The average Bonchev–Trinajstić information content (AvgIpc) is 2.16. The van der Waals surface area contributed by atoms with Crippen LogP contribution in [0.25, 0.3) is 0 Å². The first-order chi connectivity index (χ1) is 4.04. The molecular formula is C6H15NO2. The van der Waals surface area contributed by atoms with Gasteiger partial charge in [-0.15, -0.1) is 0 Å². The second-order valence-electron chi connectivity index (χ2n) is 2.71.